The van der Waals surface area contributed by atoms with Gasteiger partial charge in [0.2, 0.25) is 0 Å². The Morgan fingerprint density at radius 1 is 1.40 bits per heavy atom. The number of rotatable bonds is 7. The smallest absolute Gasteiger partial charge is 0.285 e. The van der Waals surface area contributed by atoms with E-state index < -0.39 is 4.92 Å². The Morgan fingerprint density at radius 3 is 2.60 bits per heavy atom. The molecule has 0 bridgehead atoms. The fourth-order valence-corrected chi connectivity index (χ4v) is 5.96. The fraction of sp³-hybridized carbons (Fsp3) is 0.588. The molecule has 2 rings (SSSR count). The minimum atomic E-state index is -0.601. The largest absolute Gasteiger partial charge is 0.507 e. The van der Waals surface area contributed by atoms with Gasteiger partial charge in [0.15, 0.2) is 0 Å². The fourth-order valence-electron chi connectivity index (χ4n) is 3.09. The Balaban J connectivity index is 2.35. The maximum absolute atomic E-state index is 13.1. The highest BCUT2D eigenvalue weighted by molar-refractivity contribution is 8.17. The zero-order chi connectivity index (χ0) is 18.6. The predicted octanol–water partition coefficient (Wildman–Crippen LogP) is 4.05. The van der Waals surface area contributed by atoms with Crippen molar-refractivity contribution >= 4 is 35.1 Å². The summed E-state index contributed by atoms with van der Waals surface area (Å²) in [5.74, 6) is 1.46. The van der Waals surface area contributed by atoms with Crippen LogP contribution in [0.15, 0.2) is 12.1 Å². The summed E-state index contributed by atoms with van der Waals surface area (Å²) in [6.45, 7) is 6.46. The van der Waals surface area contributed by atoms with Crippen LogP contribution in [0.2, 0.25) is 0 Å². The lowest BCUT2D eigenvalue weighted by molar-refractivity contribution is -0.385. The Hall–Kier alpha value is -1.41. The summed E-state index contributed by atoms with van der Waals surface area (Å²) in [5, 5.41) is 21.1. The number of carbonyl (C=O) groups is 1. The highest BCUT2D eigenvalue weighted by Crippen LogP contribution is 2.37. The van der Waals surface area contributed by atoms with Crippen molar-refractivity contribution in [1.29, 1.82) is 0 Å². The zero-order valence-corrected chi connectivity index (χ0v) is 16.4. The second kappa shape index (κ2) is 8.80. The molecule has 1 amide bonds. The number of likely N-dealkylation sites (tertiary alicyclic amines) is 1. The number of nitrogens with zero attached hydrogens (tertiary/aromatic N) is 2. The number of thioether (sulfide) groups is 2. The van der Waals surface area contributed by atoms with E-state index in [1.807, 2.05) is 23.5 Å². The number of nitro benzene ring substituents is 1. The van der Waals surface area contributed by atoms with Crippen LogP contribution < -0.4 is 0 Å². The molecule has 1 aromatic rings. The third-order valence-electron chi connectivity index (χ3n) is 4.28. The molecule has 0 aromatic heterocycles. The minimum Gasteiger partial charge on any atom is -0.507 e. The van der Waals surface area contributed by atoms with E-state index in [0.29, 0.717) is 12.1 Å². The lowest BCUT2D eigenvalue weighted by Gasteiger charge is -2.31. The number of carbonyl (C=O) groups excluding carboxylic acids is 1. The molecule has 0 saturated carbocycles. The van der Waals surface area contributed by atoms with E-state index in [2.05, 4.69) is 13.8 Å². The van der Waals surface area contributed by atoms with Crippen LogP contribution in [0.3, 0.4) is 0 Å². The molecular formula is C17H24N2O4S2. The molecule has 1 N–H and O–H groups in total. The summed E-state index contributed by atoms with van der Waals surface area (Å²) in [4.78, 5) is 25.6. The molecule has 1 fully saturated rings. The highest BCUT2D eigenvalue weighted by atomic mass is 32.2. The number of nitro groups is 1. The molecule has 138 valence electrons. The molecule has 0 aliphatic carbocycles. The molecule has 1 aromatic carbocycles. The van der Waals surface area contributed by atoms with Gasteiger partial charge in [-0.15, -0.1) is 23.5 Å². The lowest BCUT2D eigenvalue weighted by atomic mass is 10.1. The van der Waals surface area contributed by atoms with Crippen molar-refractivity contribution in [2.75, 3.05) is 18.1 Å². The second-order valence-electron chi connectivity index (χ2n) is 5.90. The topological polar surface area (TPSA) is 83.7 Å². The molecule has 0 radical (unpaired) electrons. The summed E-state index contributed by atoms with van der Waals surface area (Å²) in [6.07, 6.45) is 1.83. The maximum Gasteiger partial charge on any atom is 0.285 e. The van der Waals surface area contributed by atoms with Crippen LogP contribution >= 0.6 is 23.5 Å². The van der Waals surface area contributed by atoms with Crippen LogP contribution in [0.4, 0.5) is 5.69 Å². The third kappa shape index (κ3) is 4.41. The summed E-state index contributed by atoms with van der Waals surface area (Å²) < 4.78 is 0.277. The van der Waals surface area contributed by atoms with Gasteiger partial charge in [0.1, 0.15) is 11.3 Å². The molecule has 1 atom stereocenters. The van der Waals surface area contributed by atoms with Gasteiger partial charge in [0.25, 0.3) is 11.6 Å². The van der Waals surface area contributed by atoms with Gasteiger partial charge in [-0.25, -0.2) is 0 Å². The number of phenols is 1. The summed E-state index contributed by atoms with van der Waals surface area (Å²) in [6, 6.07) is 2.59. The van der Waals surface area contributed by atoms with Crippen molar-refractivity contribution in [3.63, 3.8) is 0 Å². The molecule has 0 spiro atoms. The molecule has 1 heterocycles. The lowest BCUT2D eigenvalue weighted by Crippen LogP contribution is -2.41. The first-order chi connectivity index (χ1) is 11.9. The Labute approximate surface area is 156 Å². The summed E-state index contributed by atoms with van der Waals surface area (Å²) >= 11 is 3.65. The van der Waals surface area contributed by atoms with E-state index in [9.17, 15) is 20.0 Å². The number of amides is 1. The van der Waals surface area contributed by atoms with Crippen LogP contribution in [0.25, 0.3) is 0 Å². The van der Waals surface area contributed by atoms with Gasteiger partial charge in [0, 0.05) is 6.54 Å². The average Bonchev–Trinajstić information content (AvgIpc) is 3.05. The zero-order valence-electron chi connectivity index (χ0n) is 14.7. The van der Waals surface area contributed by atoms with Gasteiger partial charge in [-0.2, -0.15) is 0 Å². The first kappa shape index (κ1) is 19.9. The van der Waals surface area contributed by atoms with E-state index in [0.717, 1.165) is 30.4 Å². The van der Waals surface area contributed by atoms with E-state index >= 15 is 0 Å². The first-order valence-electron chi connectivity index (χ1n) is 8.42. The second-order valence-corrected chi connectivity index (χ2v) is 9.04. The number of aromatic hydroxyl groups is 1. The van der Waals surface area contributed by atoms with Crippen LogP contribution in [0, 0.1) is 17.0 Å². The molecule has 0 unspecified atom stereocenters. The average molecular weight is 385 g/mol. The van der Waals surface area contributed by atoms with Gasteiger partial charge >= 0.3 is 0 Å². The Bertz CT molecular complexity index is 648. The number of hydrogen-bond donors (Lipinski definition) is 1. The molecule has 25 heavy (non-hydrogen) atoms. The van der Waals surface area contributed by atoms with Gasteiger partial charge < -0.3 is 10.0 Å². The van der Waals surface area contributed by atoms with Crippen molar-refractivity contribution in [2.24, 2.45) is 0 Å². The molecule has 1 aliphatic rings. The Kier molecular flexibility index (Phi) is 7.01. The maximum atomic E-state index is 13.1. The first-order valence-corrected chi connectivity index (χ1v) is 10.5. The van der Waals surface area contributed by atoms with Gasteiger partial charge in [-0.1, -0.05) is 13.8 Å². The normalized spacial score (nSPS) is 17.3. The third-order valence-corrected chi connectivity index (χ3v) is 7.05. The Morgan fingerprint density at radius 2 is 2.04 bits per heavy atom. The van der Waals surface area contributed by atoms with Gasteiger partial charge in [0.05, 0.1) is 21.6 Å². The number of phenolic OH excluding ortho intramolecular Hbond substituents is 1. The van der Waals surface area contributed by atoms with E-state index in [4.69, 9.17) is 0 Å². The van der Waals surface area contributed by atoms with Crippen molar-refractivity contribution in [3.05, 3.63) is 33.4 Å². The van der Waals surface area contributed by atoms with Crippen LogP contribution in [0.5, 0.6) is 5.75 Å². The standard InChI is InChI=1S/C17H24N2O4S2/c1-4-24-17(25-5-2)13-7-6-8-18(13)16(21)12-9-11(3)15(20)10-14(12)19(22)23/h9-10,13,17,20H,4-8H2,1-3H3/t13-/m0/s1. The monoisotopic (exact) mass is 384 g/mol. The van der Waals surface area contributed by atoms with Crippen molar-refractivity contribution < 1.29 is 14.8 Å². The van der Waals surface area contributed by atoms with Crippen molar-refractivity contribution in [3.8, 4) is 5.75 Å². The molecular weight excluding hydrogens is 360 g/mol. The summed E-state index contributed by atoms with van der Waals surface area (Å²) in [5.41, 5.74) is 0.197. The van der Waals surface area contributed by atoms with Crippen LogP contribution in [-0.4, -0.2) is 49.5 Å². The number of aryl methyl sites for hydroxylation is 1. The molecule has 1 saturated heterocycles. The van der Waals surface area contributed by atoms with Crippen LogP contribution in [0.1, 0.15) is 42.6 Å². The molecule has 8 heteroatoms. The van der Waals surface area contributed by atoms with Gasteiger partial charge in [-0.3, -0.25) is 14.9 Å². The number of benzene rings is 1. The SMILES string of the molecule is CCSC(SCC)[C@@H]1CCCN1C(=O)c1cc(C)c(O)cc1[N+](=O)[O-]. The molecule has 6 nitrogen and oxygen atoms in total. The molecule has 1 aliphatic heterocycles. The quantitative estimate of drug-likeness (QED) is 0.434. The number of hydrogen-bond acceptors (Lipinski definition) is 6. The van der Waals surface area contributed by atoms with Gasteiger partial charge in [-0.05, 0) is 42.9 Å². The minimum absolute atomic E-state index is 0.0638. The van der Waals surface area contributed by atoms with Crippen molar-refractivity contribution in [2.45, 2.75) is 44.2 Å². The van der Waals surface area contributed by atoms with E-state index in [1.165, 1.54) is 6.07 Å². The van der Waals surface area contributed by atoms with Crippen molar-refractivity contribution in [1.82, 2.24) is 4.90 Å². The predicted molar refractivity (Wildman–Crippen MR) is 104 cm³/mol. The summed E-state index contributed by atoms with van der Waals surface area (Å²) in [7, 11) is 0. The van der Waals surface area contributed by atoms with Crippen LogP contribution in [-0.2, 0) is 0 Å². The van der Waals surface area contributed by atoms with E-state index in [-0.39, 0.29) is 33.5 Å². The highest BCUT2D eigenvalue weighted by Gasteiger charge is 2.37. The van der Waals surface area contributed by atoms with E-state index in [1.54, 1.807) is 11.8 Å².